The minimum Gasteiger partial charge on any atom is -0.356 e. The molecule has 5 nitrogen and oxygen atoms in total. The summed E-state index contributed by atoms with van der Waals surface area (Å²) in [6.07, 6.45) is 5.47. The maximum atomic E-state index is 10.2. The lowest BCUT2D eigenvalue weighted by molar-refractivity contribution is 0.412. The number of aromatic nitrogens is 2. The Kier molecular flexibility index (Phi) is 3.44. The lowest BCUT2D eigenvalue weighted by Gasteiger charge is -2.32. The highest BCUT2D eigenvalue weighted by atomic mass is 16.3. The molecule has 0 amide bonds. The van der Waals surface area contributed by atoms with Crippen LogP contribution in [0.25, 0.3) is 0 Å². The molecular weight excluding hydrogens is 204 g/mol. The molecule has 2 rings (SSSR count). The van der Waals surface area contributed by atoms with E-state index in [-0.39, 0.29) is 0 Å². The van der Waals surface area contributed by atoms with Gasteiger partial charge in [0.2, 0.25) is 0 Å². The van der Waals surface area contributed by atoms with E-state index in [1.54, 1.807) is 6.33 Å². The zero-order valence-corrected chi connectivity index (χ0v) is 9.46. The smallest absolute Gasteiger partial charge is 0.134 e. The Bertz CT molecular complexity index is 361. The Hall–Kier alpha value is -1.52. The Morgan fingerprint density at radius 1 is 1.50 bits per heavy atom. The first-order valence-electron chi connectivity index (χ1n) is 5.62. The third kappa shape index (κ3) is 2.35. The van der Waals surface area contributed by atoms with Gasteiger partial charge in [-0.1, -0.05) is 5.18 Å². The molecule has 0 radical (unpaired) electrons. The molecule has 0 N–H and O–H groups in total. The predicted octanol–water partition coefficient (Wildman–Crippen LogP) is 1.77. The summed E-state index contributed by atoms with van der Waals surface area (Å²) >= 11 is 0. The van der Waals surface area contributed by atoms with Crippen LogP contribution in [0.2, 0.25) is 0 Å². The van der Waals surface area contributed by atoms with Gasteiger partial charge in [-0.15, -0.1) is 0 Å². The van der Waals surface area contributed by atoms with E-state index in [1.165, 1.54) is 0 Å². The van der Waals surface area contributed by atoms with E-state index in [9.17, 15) is 4.91 Å². The molecule has 1 aliphatic heterocycles. The van der Waals surface area contributed by atoms with Gasteiger partial charge in [-0.2, -0.15) is 4.91 Å². The van der Waals surface area contributed by atoms with Crippen LogP contribution in [0.3, 0.4) is 0 Å². The van der Waals surface area contributed by atoms with Crippen LogP contribution >= 0.6 is 0 Å². The molecule has 0 bridgehead atoms. The van der Waals surface area contributed by atoms with Gasteiger partial charge in [0.05, 0.1) is 6.54 Å². The van der Waals surface area contributed by atoms with Crippen LogP contribution in [0.5, 0.6) is 0 Å². The van der Waals surface area contributed by atoms with Crippen LogP contribution < -0.4 is 4.90 Å². The summed E-state index contributed by atoms with van der Waals surface area (Å²) in [5.41, 5.74) is 1.11. The SMILES string of the molecule is Cc1cncnc1N1CCC(CN=O)CC1. The number of piperidine rings is 1. The standard InChI is InChI=1S/C11H16N4O/c1-9-6-12-8-13-11(9)15-4-2-10(3-5-15)7-14-16/h6,8,10H,2-5,7H2,1H3. The van der Waals surface area contributed by atoms with E-state index < -0.39 is 0 Å². The second-order valence-electron chi connectivity index (χ2n) is 4.27. The highest BCUT2D eigenvalue weighted by Gasteiger charge is 2.21. The van der Waals surface area contributed by atoms with Gasteiger partial charge < -0.3 is 4.90 Å². The quantitative estimate of drug-likeness (QED) is 0.728. The monoisotopic (exact) mass is 220 g/mol. The van der Waals surface area contributed by atoms with Gasteiger partial charge in [-0.3, -0.25) is 0 Å². The van der Waals surface area contributed by atoms with E-state index in [0.29, 0.717) is 12.5 Å². The van der Waals surface area contributed by atoms with Gasteiger partial charge >= 0.3 is 0 Å². The molecular formula is C11H16N4O. The molecule has 2 heterocycles. The van der Waals surface area contributed by atoms with Gasteiger partial charge in [0.1, 0.15) is 12.1 Å². The van der Waals surface area contributed by atoms with Crippen molar-refractivity contribution in [2.75, 3.05) is 24.5 Å². The van der Waals surface area contributed by atoms with Crippen LogP contribution in [0.1, 0.15) is 18.4 Å². The molecule has 0 aliphatic carbocycles. The molecule has 5 heteroatoms. The van der Waals surface area contributed by atoms with Gasteiger partial charge in [0.15, 0.2) is 0 Å². The van der Waals surface area contributed by atoms with Gasteiger partial charge in [0, 0.05) is 24.8 Å². The first-order chi connectivity index (χ1) is 7.81. The molecule has 0 aromatic carbocycles. The van der Waals surface area contributed by atoms with Gasteiger partial charge in [-0.05, 0) is 25.7 Å². The number of hydrogen-bond acceptors (Lipinski definition) is 5. The molecule has 1 aromatic rings. The fourth-order valence-electron chi connectivity index (χ4n) is 2.16. The number of hydrogen-bond donors (Lipinski definition) is 0. The average molecular weight is 220 g/mol. The summed E-state index contributed by atoms with van der Waals surface area (Å²) in [5.74, 6) is 1.48. The van der Waals surface area contributed by atoms with E-state index in [4.69, 9.17) is 0 Å². The molecule has 0 spiro atoms. The zero-order chi connectivity index (χ0) is 11.4. The number of rotatable bonds is 3. The second kappa shape index (κ2) is 5.01. The maximum absolute atomic E-state index is 10.2. The van der Waals surface area contributed by atoms with Gasteiger partial charge in [-0.25, -0.2) is 9.97 Å². The summed E-state index contributed by atoms with van der Waals surface area (Å²) in [5, 5.41) is 2.98. The number of nitroso groups, excluding NO2 is 1. The topological polar surface area (TPSA) is 58.5 Å². The van der Waals surface area contributed by atoms with Crippen molar-refractivity contribution in [1.82, 2.24) is 9.97 Å². The van der Waals surface area contributed by atoms with Crippen molar-refractivity contribution in [3.63, 3.8) is 0 Å². The van der Waals surface area contributed by atoms with E-state index in [0.717, 1.165) is 37.3 Å². The molecule has 16 heavy (non-hydrogen) atoms. The summed E-state index contributed by atoms with van der Waals surface area (Å²) in [7, 11) is 0. The molecule has 0 atom stereocenters. The molecule has 1 fully saturated rings. The maximum Gasteiger partial charge on any atom is 0.134 e. The molecule has 1 aliphatic rings. The average Bonchev–Trinajstić information content (AvgIpc) is 2.31. The molecule has 1 aromatic heterocycles. The van der Waals surface area contributed by atoms with Crippen molar-refractivity contribution < 1.29 is 0 Å². The summed E-state index contributed by atoms with van der Waals surface area (Å²) < 4.78 is 0. The molecule has 0 saturated carbocycles. The number of nitrogens with zero attached hydrogens (tertiary/aromatic N) is 4. The zero-order valence-electron chi connectivity index (χ0n) is 9.46. The Morgan fingerprint density at radius 3 is 2.88 bits per heavy atom. The Labute approximate surface area is 94.9 Å². The predicted molar refractivity (Wildman–Crippen MR) is 62.4 cm³/mol. The highest BCUT2D eigenvalue weighted by Crippen LogP contribution is 2.23. The number of aryl methyl sites for hydroxylation is 1. The summed E-state index contributed by atoms with van der Waals surface area (Å²) in [4.78, 5) is 20.7. The fourth-order valence-corrected chi connectivity index (χ4v) is 2.16. The second-order valence-corrected chi connectivity index (χ2v) is 4.27. The van der Waals surface area contributed by atoms with Crippen molar-refractivity contribution in [3.05, 3.63) is 23.0 Å². The van der Waals surface area contributed by atoms with Crippen molar-refractivity contribution >= 4 is 5.82 Å². The Balaban J connectivity index is 1.99. The van der Waals surface area contributed by atoms with Crippen molar-refractivity contribution in [3.8, 4) is 0 Å². The van der Waals surface area contributed by atoms with Crippen molar-refractivity contribution in [2.24, 2.45) is 11.1 Å². The van der Waals surface area contributed by atoms with E-state index in [2.05, 4.69) is 20.0 Å². The highest BCUT2D eigenvalue weighted by molar-refractivity contribution is 5.44. The minimum absolute atomic E-state index is 0.455. The molecule has 0 unspecified atom stereocenters. The summed E-state index contributed by atoms with van der Waals surface area (Å²) in [6, 6.07) is 0. The van der Waals surface area contributed by atoms with Gasteiger partial charge in [0.25, 0.3) is 0 Å². The van der Waals surface area contributed by atoms with E-state index in [1.807, 2.05) is 13.1 Å². The van der Waals surface area contributed by atoms with Crippen LogP contribution in [-0.2, 0) is 0 Å². The van der Waals surface area contributed by atoms with Crippen molar-refractivity contribution in [1.29, 1.82) is 0 Å². The lowest BCUT2D eigenvalue weighted by Crippen LogP contribution is -2.35. The summed E-state index contributed by atoms with van der Waals surface area (Å²) in [6.45, 7) is 4.39. The van der Waals surface area contributed by atoms with Crippen LogP contribution in [0, 0.1) is 17.7 Å². The number of anilines is 1. The third-order valence-corrected chi connectivity index (χ3v) is 3.11. The minimum atomic E-state index is 0.455. The van der Waals surface area contributed by atoms with Crippen LogP contribution in [-0.4, -0.2) is 29.6 Å². The first-order valence-corrected chi connectivity index (χ1v) is 5.62. The van der Waals surface area contributed by atoms with Crippen LogP contribution in [0.15, 0.2) is 17.7 Å². The van der Waals surface area contributed by atoms with Crippen molar-refractivity contribution in [2.45, 2.75) is 19.8 Å². The molecule has 1 saturated heterocycles. The van der Waals surface area contributed by atoms with Crippen LogP contribution in [0.4, 0.5) is 5.82 Å². The largest absolute Gasteiger partial charge is 0.356 e. The molecule has 86 valence electrons. The fraction of sp³-hybridized carbons (Fsp3) is 0.636. The Morgan fingerprint density at radius 2 is 2.25 bits per heavy atom. The van der Waals surface area contributed by atoms with E-state index >= 15 is 0 Å². The third-order valence-electron chi connectivity index (χ3n) is 3.11. The normalized spacial score (nSPS) is 17.4. The first kappa shape index (κ1) is 11.0. The lowest BCUT2D eigenvalue weighted by atomic mass is 9.97.